The summed E-state index contributed by atoms with van der Waals surface area (Å²) < 4.78 is 0. The molecule has 6 heteroatoms. The lowest BCUT2D eigenvalue weighted by molar-refractivity contribution is 0.250. The van der Waals surface area contributed by atoms with Crippen molar-refractivity contribution in [1.29, 1.82) is 0 Å². The lowest BCUT2D eigenvalue weighted by Crippen LogP contribution is -2.37. The number of nitrogen functional groups attached to an aromatic ring is 1. The molecule has 110 valence electrons. The van der Waals surface area contributed by atoms with Crippen LogP contribution in [0.2, 0.25) is 0 Å². The van der Waals surface area contributed by atoms with Crippen LogP contribution in [0.1, 0.15) is 12.8 Å². The molecule has 1 aromatic carbocycles. The van der Waals surface area contributed by atoms with Gasteiger partial charge in [-0.15, -0.1) is 10.2 Å². The number of nitrogens with two attached hydrogens (primary N) is 1. The molecule has 21 heavy (non-hydrogen) atoms. The second-order valence-corrected chi connectivity index (χ2v) is 6.73. The van der Waals surface area contributed by atoms with Gasteiger partial charge in [0.15, 0.2) is 0 Å². The number of benzene rings is 1. The van der Waals surface area contributed by atoms with Crippen molar-refractivity contribution < 1.29 is 0 Å². The molecule has 3 aliphatic rings. The summed E-state index contributed by atoms with van der Waals surface area (Å²) in [6, 6.07) is 8.49. The van der Waals surface area contributed by atoms with E-state index in [4.69, 9.17) is 5.73 Å². The molecule has 0 radical (unpaired) electrons. The topological polar surface area (TPSA) is 58.3 Å². The first-order chi connectivity index (χ1) is 10.3. The summed E-state index contributed by atoms with van der Waals surface area (Å²) in [5.41, 5.74) is 7.61. The molecule has 0 atom stereocenters. The summed E-state index contributed by atoms with van der Waals surface area (Å²) in [5.74, 6) is 0. The number of hydrogen-bond donors (Lipinski definition) is 1. The van der Waals surface area contributed by atoms with Crippen LogP contribution in [0.15, 0.2) is 24.3 Å². The molecule has 2 N–H and O–H groups in total. The first-order valence-electron chi connectivity index (χ1n) is 7.48. The van der Waals surface area contributed by atoms with Crippen molar-refractivity contribution in [3.63, 3.8) is 0 Å². The quantitative estimate of drug-likeness (QED) is 0.861. The third-order valence-electron chi connectivity index (χ3n) is 4.47. The van der Waals surface area contributed by atoms with Crippen LogP contribution in [-0.2, 0) is 0 Å². The van der Waals surface area contributed by atoms with Gasteiger partial charge in [-0.3, -0.25) is 0 Å². The van der Waals surface area contributed by atoms with E-state index >= 15 is 0 Å². The largest absolute Gasteiger partial charge is 0.399 e. The van der Waals surface area contributed by atoms with Crippen LogP contribution in [0.4, 0.5) is 10.8 Å². The van der Waals surface area contributed by atoms with Crippen LogP contribution >= 0.6 is 11.3 Å². The van der Waals surface area contributed by atoms with Crippen molar-refractivity contribution >= 4 is 22.2 Å². The molecule has 0 amide bonds. The van der Waals surface area contributed by atoms with Gasteiger partial charge in [0.2, 0.25) is 5.13 Å². The summed E-state index contributed by atoms with van der Waals surface area (Å²) >= 11 is 1.69. The minimum Gasteiger partial charge on any atom is -0.399 e. The van der Waals surface area contributed by atoms with Gasteiger partial charge >= 0.3 is 0 Å². The second kappa shape index (κ2) is 5.27. The van der Waals surface area contributed by atoms with Gasteiger partial charge in [0, 0.05) is 43.5 Å². The Morgan fingerprint density at radius 2 is 1.76 bits per heavy atom. The number of hydrogen-bond acceptors (Lipinski definition) is 6. The van der Waals surface area contributed by atoms with Crippen LogP contribution in [0.25, 0.3) is 10.6 Å². The SMILES string of the molecule is Nc1ccc(-c2nnc(N3CCN4CCC3CC4)s2)cc1. The lowest BCUT2D eigenvalue weighted by atomic mass is 10.1. The third kappa shape index (κ3) is 2.49. The molecular weight excluding hydrogens is 282 g/mol. The fraction of sp³-hybridized carbons (Fsp3) is 0.467. The van der Waals surface area contributed by atoms with Crippen molar-refractivity contribution in [2.45, 2.75) is 18.9 Å². The molecular formula is C15H19N5S. The van der Waals surface area contributed by atoms with E-state index in [1.807, 2.05) is 24.3 Å². The minimum atomic E-state index is 0.635. The molecule has 2 aromatic rings. The fourth-order valence-corrected chi connectivity index (χ4v) is 4.16. The number of fused-ring (bicyclic) bond motifs is 4. The smallest absolute Gasteiger partial charge is 0.208 e. The second-order valence-electron chi connectivity index (χ2n) is 5.78. The number of aromatic nitrogens is 2. The summed E-state index contributed by atoms with van der Waals surface area (Å²) in [5, 5.41) is 10.9. The van der Waals surface area contributed by atoms with Crippen molar-refractivity contribution in [1.82, 2.24) is 15.1 Å². The van der Waals surface area contributed by atoms with Crippen molar-refractivity contribution in [2.75, 3.05) is 36.8 Å². The van der Waals surface area contributed by atoms with Gasteiger partial charge in [-0.1, -0.05) is 11.3 Å². The summed E-state index contributed by atoms with van der Waals surface area (Å²) in [7, 11) is 0. The highest BCUT2D eigenvalue weighted by atomic mass is 32.1. The molecule has 0 unspecified atom stereocenters. The molecule has 3 fully saturated rings. The zero-order valence-corrected chi connectivity index (χ0v) is 12.7. The van der Waals surface area contributed by atoms with E-state index in [0.29, 0.717) is 6.04 Å². The average Bonchev–Trinajstić information content (AvgIpc) is 2.81. The van der Waals surface area contributed by atoms with Crippen LogP contribution in [0.5, 0.6) is 0 Å². The zero-order valence-electron chi connectivity index (χ0n) is 11.9. The van der Waals surface area contributed by atoms with Crippen LogP contribution in [-0.4, -0.2) is 47.3 Å². The summed E-state index contributed by atoms with van der Waals surface area (Å²) in [6.07, 6.45) is 2.49. The standard InChI is InChI=1S/C15H19N5S/c16-12-3-1-11(2-4-12)14-17-18-15(21-14)20-10-9-19-7-5-13(20)6-8-19/h1-4,13H,5-10,16H2. The Bertz CT molecular complexity index is 615. The highest BCUT2D eigenvalue weighted by Crippen LogP contribution is 2.33. The molecule has 0 saturated carbocycles. The maximum atomic E-state index is 5.74. The van der Waals surface area contributed by atoms with Gasteiger partial charge < -0.3 is 15.5 Å². The van der Waals surface area contributed by atoms with E-state index in [2.05, 4.69) is 20.0 Å². The monoisotopic (exact) mass is 301 g/mol. The molecule has 3 saturated heterocycles. The Labute approximate surface area is 128 Å². The van der Waals surface area contributed by atoms with Crippen molar-refractivity contribution in [3.8, 4) is 10.6 Å². The molecule has 0 spiro atoms. The maximum absolute atomic E-state index is 5.74. The average molecular weight is 301 g/mol. The number of nitrogens with zero attached hydrogens (tertiary/aromatic N) is 4. The summed E-state index contributed by atoms with van der Waals surface area (Å²) in [6.45, 7) is 4.67. The first-order valence-corrected chi connectivity index (χ1v) is 8.30. The Kier molecular flexibility index (Phi) is 3.27. The van der Waals surface area contributed by atoms with E-state index in [1.165, 1.54) is 25.9 Å². The number of piperidine rings is 1. The van der Waals surface area contributed by atoms with E-state index < -0.39 is 0 Å². The Balaban J connectivity index is 1.60. The maximum Gasteiger partial charge on any atom is 0.208 e. The third-order valence-corrected chi connectivity index (χ3v) is 5.48. The number of rotatable bonds is 2. The van der Waals surface area contributed by atoms with Gasteiger partial charge in [0.25, 0.3) is 0 Å². The van der Waals surface area contributed by atoms with Gasteiger partial charge in [-0.05, 0) is 37.1 Å². The molecule has 1 aromatic heterocycles. The predicted octanol–water partition coefficient (Wildman–Crippen LogP) is 2.07. The van der Waals surface area contributed by atoms with E-state index in [-0.39, 0.29) is 0 Å². The van der Waals surface area contributed by atoms with Crippen molar-refractivity contribution in [3.05, 3.63) is 24.3 Å². The Morgan fingerprint density at radius 3 is 2.52 bits per heavy atom. The normalized spacial score (nSPS) is 25.0. The van der Waals surface area contributed by atoms with Crippen molar-refractivity contribution in [2.24, 2.45) is 0 Å². The van der Waals surface area contributed by atoms with Gasteiger partial charge in [-0.25, -0.2) is 0 Å². The minimum absolute atomic E-state index is 0.635. The highest BCUT2D eigenvalue weighted by molar-refractivity contribution is 7.18. The molecule has 0 aliphatic carbocycles. The Morgan fingerprint density at radius 1 is 1.00 bits per heavy atom. The molecule has 5 nitrogen and oxygen atoms in total. The fourth-order valence-electron chi connectivity index (χ4n) is 3.21. The molecule has 3 aliphatic heterocycles. The Hall–Kier alpha value is -1.66. The van der Waals surface area contributed by atoms with Gasteiger partial charge in [0.05, 0.1) is 0 Å². The van der Waals surface area contributed by atoms with E-state index in [1.54, 1.807) is 11.3 Å². The molecule has 4 heterocycles. The molecule has 2 bridgehead atoms. The molecule has 5 rings (SSSR count). The zero-order chi connectivity index (χ0) is 14.2. The van der Waals surface area contributed by atoms with E-state index in [0.717, 1.165) is 34.5 Å². The predicted molar refractivity (Wildman–Crippen MR) is 86.6 cm³/mol. The first kappa shape index (κ1) is 13.0. The van der Waals surface area contributed by atoms with Gasteiger partial charge in [0.1, 0.15) is 5.01 Å². The van der Waals surface area contributed by atoms with Crippen LogP contribution in [0.3, 0.4) is 0 Å². The summed E-state index contributed by atoms with van der Waals surface area (Å²) in [4.78, 5) is 5.02. The number of anilines is 2. The van der Waals surface area contributed by atoms with Gasteiger partial charge in [-0.2, -0.15) is 0 Å². The highest BCUT2D eigenvalue weighted by Gasteiger charge is 2.30. The lowest BCUT2D eigenvalue weighted by Gasteiger charge is -2.30. The van der Waals surface area contributed by atoms with Crippen LogP contribution < -0.4 is 10.6 Å². The van der Waals surface area contributed by atoms with E-state index in [9.17, 15) is 0 Å². The van der Waals surface area contributed by atoms with Crippen LogP contribution in [0, 0.1) is 0 Å².